The Hall–Kier alpha value is -1.72. The zero-order valence-corrected chi connectivity index (χ0v) is 13.4. The first-order chi connectivity index (χ1) is 10.6. The molecule has 0 unspecified atom stereocenters. The molecule has 1 fully saturated rings. The Labute approximate surface area is 134 Å². The van der Waals surface area contributed by atoms with E-state index in [1.165, 1.54) is 17.8 Å². The highest BCUT2D eigenvalue weighted by molar-refractivity contribution is 7.09. The number of rotatable bonds is 5. The fraction of sp³-hybridized carbons (Fsp3) is 0.412. The molecule has 4 nitrogen and oxygen atoms in total. The van der Waals surface area contributed by atoms with Gasteiger partial charge in [0, 0.05) is 17.6 Å². The van der Waals surface area contributed by atoms with Crippen LogP contribution in [0.4, 0.5) is 0 Å². The molecule has 5 heteroatoms. The van der Waals surface area contributed by atoms with Crippen molar-refractivity contribution in [1.29, 1.82) is 0 Å². The molecule has 1 aromatic carbocycles. The van der Waals surface area contributed by atoms with Gasteiger partial charge in [-0.1, -0.05) is 25.0 Å². The quantitative estimate of drug-likeness (QED) is 0.883. The summed E-state index contributed by atoms with van der Waals surface area (Å²) in [6, 6.07) is 7.08. The highest BCUT2D eigenvalue weighted by Crippen LogP contribution is 2.40. The van der Waals surface area contributed by atoms with Crippen LogP contribution in [0.3, 0.4) is 0 Å². The van der Waals surface area contributed by atoms with E-state index in [0.29, 0.717) is 5.56 Å². The molecule has 3 rings (SSSR count). The summed E-state index contributed by atoms with van der Waals surface area (Å²) in [7, 11) is 0. The maximum absolute atomic E-state index is 10.9. The average Bonchev–Trinajstić information content (AvgIpc) is 3.15. The minimum atomic E-state index is -0.884. The summed E-state index contributed by atoms with van der Waals surface area (Å²) >= 11 is 1.74. The molecule has 1 heterocycles. The van der Waals surface area contributed by atoms with Gasteiger partial charge in [-0.25, -0.2) is 9.78 Å². The van der Waals surface area contributed by atoms with E-state index in [0.717, 1.165) is 30.6 Å². The second kappa shape index (κ2) is 6.18. The van der Waals surface area contributed by atoms with E-state index < -0.39 is 5.97 Å². The SMILES string of the molecule is Cc1csc(C2(NCc3ccc(C(=O)O)cc3)CCCC2)n1. The molecule has 0 saturated heterocycles. The van der Waals surface area contributed by atoms with Crippen molar-refractivity contribution in [3.63, 3.8) is 0 Å². The number of hydrogen-bond donors (Lipinski definition) is 2. The Morgan fingerprint density at radius 2 is 2.00 bits per heavy atom. The summed E-state index contributed by atoms with van der Waals surface area (Å²) in [5.74, 6) is -0.884. The van der Waals surface area contributed by atoms with E-state index in [1.54, 1.807) is 23.5 Å². The van der Waals surface area contributed by atoms with Crippen LogP contribution in [0, 0.1) is 6.92 Å². The van der Waals surface area contributed by atoms with Gasteiger partial charge in [0.25, 0.3) is 0 Å². The first-order valence-electron chi connectivity index (χ1n) is 7.59. The molecule has 1 saturated carbocycles. The number of aromatic carboxylic acids is 1. The molecule has 2 N–H and O–H groups in total. The third kappa shape index (κ3) is 3.05. The Bertz CT molecular complexity index is 658. The van der Waals surface area contributed by atoms with Gasteiger partial charge in [0.2, 0.25) is 0 Å². The smallest absolute Gasteiger partial charge is 0.335 e. The molecule has 22 heavy (non-hydrogen) atoms. The largest absolute Gasteiger partial charge is 0.478 e. The van der Waals surface area contributed by atoms with Gasteiger partial charge in [0.1, 0.15) is 5.01 Å². The molecular weight excluding hydrogens is 296 g/mol. The predicted octanol–water partition coefficient (Wildman–Crippen LogP) is 3.71. The van der Waals surface area contributed by atoms with Crippen LogP contribution in [0.25, 0.3) is 0 Å². The topological polar surface area (TPSA) is 62.2 Å². The van der Waals surface area contributed by atoms with Crippen molar-refractivity contribution >= 4 is 17.3 Å². The van der Waals surface area contributed by atoms with Gasteiger partial charge in [-0.05, 0) is 37.5 Å². The van der Waals surface area contributed by atoms with Crippen LogP contribution >= 0.6 is 11.3 Å². The lowest BCUT2D eigenvalue weighted by atomic mass is 9.97. The van der Waals surface area contributed by atoms with Crippen molar-refractivity contribution in [3.8, 4) is 0 Å². The van der Waals surface area contributed by atoms with Crippen molar-refractivity contribution < 1.29 is 9.90 Å². The summed E-state index contributed by atoms with van der Waals surface area (Å²) in [5, 5.41) is 15.9. The summed E-state index contributed by atoms with van der Waals surface area (Å²) in [4.78, 5) is 15.6. The number of nitrogens with zero attached hydrogens (tertiary/aromatic N) is 1. The Morgan fingerprint density at radius 3 is 2.55 bits per heavy atom. The number of aromatic nitrogens is 1. The van der Waals surface area contributed by atoms with Gasteiger partial charge in [0.15, 0.2) is 0 Å². The van der Waals surface area contributed by atoms with Crippen LogP contribution in [0.5, 0.6) is 0 Å². The Balaban J connectivity index is 1.73. The Morgan fingerprint density at radius 1 is 1.32 bits per heavy atom. The zero-order valence-electron chi connectivity index (χ0n) is 12.6. The molecule has 1 aliphatic carbocycles. The second-order valence-electron chi connectivity index (χ2n) is 5.94. The van der Waals surface area contributed by atoms with Crippen molar-refractivity contribution in [1.82, 2.24) is 10.3 Å². The maximum atomic E-state index is 10.9. The molecule has 1 aromatic heterocycles. The number of thiazole rings is 1. The standard InChI is InChI=1S/C17H20N2O2S/c1-12-11-22-16(19-12)17(8-2-3-9-17)18-10-13-4-6-14(7-5-13)15(20)21/h4-7,11,18H,2-3,8-10H2,1H3,(H,20,21). The molecule has 0 bridgehead atoms. The average molecular weight is 316 g/mol. The van der Waals surface area contributed by atoms with E-state index in [-0.39, 0.29) is 5.54 Å². The number of nitrogens with one attached hydrogen (secondary N) is 1. The highest BCUT2D eigenvalue weighted by atomic mass is 32.1. The van der Waals surface area contributed by atoms with Crippen LogP contribution in [-0.4, -0.2) is 16.1 Å². The number of hydrogen-bond acceptors (Lipinski definition) is 4. The lowest BCUT2D eigenvalue weighted by Gasteiger charge is -2.28. The van der Waals surface area contributed by atoms with Gasteiger partial charge in [-0.15, -0.1) is 11.3 Å². The third-order valence-electron chi connectivity index (χ3n) is 4.32. The van der Waals surface area contributed by atoms with Gasteiger partial charge in [-0.3, -0.25) is 0 Å². The normalized spacial score (nSPS) is 16.8. The van der Waals surface area contributed by atoms with E-state index >= 15 is 0 Å². The fourth-order valence-electron chi connectivity index (χ4n) is 3.06. The van der Waals surface area contributed by atoms with Crippen molar-refractivity contribution in [3.05, 3.63) is 51.5 Å². The minimum absolute atomic E-state index is 0.00953. The monoisotopic (exact) mass is 316 g/mol. The van der Waals surface area contributed by atoms with Gasteiger partial charge >= 0.3 is 5.97 Å². The van der Waals surface area contributed by atoms with Crippen LogP contribution in [-0.2, 0) is 12.1 Å². The number of carbonyl (C=O) groups is 1. The maximum Gasteiger partial charge on any atom is 0.335 e. The molecule has 0 radical (unpaired) electrons. The number of carboxylic acids is 1. The highest BCUT2D eigenvalue weighted by Gasteiger charge is 2.37. The number of aryl methyl sites for hydroxylation is 1. The molecule has 116 valence electrons. The second-order valence-corrected chi connectivity index (χ2v) is 6.80. The first-order valence-corrected chi connectivity index (χ1v) is 8.47. The first kappa shape index (κ1) is 15.2. The van der Waals surface area contributed by atoms with Gasteiger partial charge in [0.05, 0.1) is 11.1 Å². The molecular formula is C17H20N2O2S. The summed E-state index contributed by atoms with van der Waals surface area (Å²) in [6.45, 7) is 2.77. The lowest BCUT2D eigenvalue weighted by Crippen LogP contribution is -2.39. The van der Waals surface area contributed by atoms with E-state index in [9.17, 15) is 4.79 Å². The summed E-state index contributed by atoms with van der Waals surface area (Å²) < 4.78 is 0. The molecule has 0 atom stereocenters. The molecule has 0 amide bonds. The Kier molecular flexibility index (Phi) is 4.27. The minimum Gasteiger partial charge on any atom is -0.478 e. The van der Waals surface area contributed by atoms with Crippen LogP contribution in [0.15, 0.2) is 29.6 Å². The number of carboxylic acid groups (broad SMARTS) is 1. The fourth-order valence-corrected chi connectivity index (χ4v) is 4.09. The van der Waals surface area contributed by atoms with E-state index in [1.807, 2.05) is 19.1 Å². The van der Waals surface area contributed by atoms with Crippen molar-refractivity contribution in [2.45, 2.75) is 44.7 Å². The lowest BCUT2D eigenvalue weighted by molar-refractivity contribution is 0.0697. The summed E-state index contributed by atoms with van der Waals surface area (Å²) in [6.07, 6.45) is 4.69. The molecule has 0 spiro atoms. The van der Waals surface area contributed by atoms with Crippen molar-refractivity contribution in [2.24, 2.45) is 0 Å². The number of benzene rings is 1. The predicted molar refractivity (Wildman–Crippen MR) is 87.2 cm³/mol. The van der Waals surface area contributed by atoms with Gasteiger partial charge < -0.3 is 10.4 Å². The van der Waals surface area contributed by atoms with Crippen LogP contribution < -0.4 is 5.32 Å². The van der Waals surface area contributed by atoms with Crippen molar-refractivity contribution in [2.75, 3.05) is 0 Å². The van der Waals surface area contributed by atoms with Crippen LogP contribution in [0.1, 0.15) is 52.3 Å². The molecule has 2 aromatic rings. The van der Waals surface area contributed by atoms with E-state index in [2.05, 4.69) is 10.7 Å². The molecule has 1 aliphatic rings. The summed E-state index contributed by atoms with van der Waals surface area (Å²) in [5.41, 5.74) is 2.50. The van der Waals surface area contributed by atoms with Gasteiger partial charge in [-0.2, -0.15) is 0 Å². The van der Waals surface area contributed by atoms with E-state index in [4.69, 9.17) is 10.1 Å². The third-order valence-corrected chi connectivity index (χ3v) is 5.48. The zero-order chi connectivity index (χ0) is 15.6. The van der Waals surface area contributed by atoms with Crippen LogP contribution in [0.2, 0.25) is 0 Å². The molecule has 0 aliphatic heterocycles.